The van der Waals surface area contributed by atoms with E-state index in [9.17, 15) is 18.7 Å². The molecule has 0 fully saturated rings. The summed E-state index contributed by atoms with van der Waals surface area (Å²) in [6.07, 6.45) is -1.12. The van der Waals surface area contributed by atoms with Gasteiger partial charge in [0.15, 0.2) is 6.10 Å². The van der Waals surface area contributed by atoms with Crippen LogP contribution in [0.25, 0.3) is 0 Å². The van der Waals surface area contributed by atoms with Crippen molar-refractivity contribution in [1.82, 2.24) is 5.32 Å². The molecular formula is C16H15F2NO2. The van der Waals surface area contributed by atoms with Crippen LogP contribution in [0.1, 0.15) is 17.2 Å². The fourth-order valence-corrected chi connectivity index (χ4v) is 1.94. The number of halogens is 2. The third kappa shape index (κ3) is 4.10. The monoisotopic (exact) mass is 291 g/mol. The van der Waals surface area contributed by atoms with Gasteiger partial charge in [0.2, 0.25) is 0 Å². The predicted octanol–water partition coefficient (Wildman–Crippen LogP) is 2.36. The molecule has 0 radical (unpaired) electrons. The van der Waals surface area contributed by atoms with Gasteiger partial charge in [-0.1, -0.05) is 30.3 Å². The van der Waals surface area contributed by atoms with Gasteiger partial charge in [-0.25, -0.2) is 8.78 Å². The molecule has 0 saturated heterocycles. The van der Waals surface area contributed by atoms with Gasteiger partial charge in [-0.15, -0.1) is 0 Å². The van der Waals surface area contributed by atoms with Crippen molar-refractivity contribution in [3.8, 4) is 0 Å². The van der Waals surface area contributed by atoms with Gasteiger partial charge in [0.25, 0.3) is 5.91 Å². The highest BCUT2D eigenvalue weighted by molar-refractivity contribution is 5.81. The minimum absolute atomic E-state index is 0.114. The maximum absolute atomic E-state index is 13.4. The summed E-state index contributed by atoms with van der Waals surface area (Å²) >= 11 is 0. The Morgan fingerprint density at radius 3 is 2.57 bits per heavy atom. The van der Waals surface area contributed by atoms with Gasteiger partial charge >= 0.3 is 0 Å². The van der Waals surface area contributed by atoms with Crippen LogP contribution in [0.15, 0.2) is 48.5 Å². The van der Waals surface area contributed by atoms with Gasteiger partial charge in [0, 0.05) is 6.54 Å². The summed E-state index contributed by atoms with van der Waals surface area (Å²) in [5.41, 5.74) is 0.663. The first-order valence-electron chi connectivity index (χ1n) is 6.52. The van der Waals surface area contributed by atoms with Gasteiger partial charge in [-0.05, 0) is 35.7 Å². The molecule has 0 aromatic heterocycles. The molecule has 21 heavy (non-hydrogen) atoms. The van der Waals surface area contributed by atoms with Crippen LogP contribution in [0.5, 0.6) is 0 Å². The molecule has 2 N–H and O–H groups in total. The Labute approximate surface area is 121 Å². The second kappa shape index (κ2) is 6.95. The molecule has 0 aliphatic rings. The largest absolute Gasteiger partial charge is 0.378 e. The van der Waals surface area contributed by atoms with Crippen molar-refractivity contribution >= 4 is 5.91 Å². The number of nitrogens with one attached hydrogen (secondary N) is 1. The van der Waals surface area contributed by atoms with Crippen LogP contribution in [-0.4, -0.2) is 17.6 Å². The lowest BCUT2D eigenvalue weighted by Gasteiger charge is -2.11. The molecule has 0 heterocycles. The Morgan fingerprint density at radius 1 is 1.14 bits per heavy atom. The van der Waals surface area contributed by atoms with Crippen molar-refractivity contribution in [3.63, 3.8) is 0 Å². The summed E-state index contributed by atoms with van der Waals surface area (Å²) < 4.78 is 26.4. The SMILES string of the molecule is O=C(NCCc1cc(F)ccc1F)C(O)c1ccccc1. The quantitative estimate of drug-likeness (QED) is 0.888. The van der Waals surface area contributed by atoms with Crippen LogP contribution in [0.4, 0.5) is 8.78 Å². The molecule has 2 aromatic rings. The lowest BCUT2D eigenvalue weighted by Crippen LogP contribution is -2.31. The van der Waals surface area contributed by atoms with Gasteiger partial charge in [-0.2, -0.15) is 0 Å². The molecule has 1 amide bonds. The highest BCUT2D eigenvalue weighted by Crippen LogP contribution is 2.12. The van der Waals surface area contributed by atoms with Crippen LogP contribution in [0.2, 0.25) is 0 Å². The van der Waals surface area contributed by atoms with E-state index in [2.05, 4.69) is 5.32 Å². The Bertz CT molecular complexity index is 617. The van der Waals surface area contributed by atoms with Crippen molar-refractivity contribution in [1.29, 1.82) is 0 Å². The summed E-state index contributed by atoms with van der Waals surface area (Å²) in [5.74, 6) is -1.62. The Kier molecular flexibility index (Phi) is 5.00. The van der Waals surface area contributed by atoms with Gasteiger partial charge in [0.05, 0.1) is 0 Å². The van der Waals surface area contributed by atoms with Crippen LogP contribution < -0.4 is 5.32 Å². The fraction of sp³-hybridized carbons (Fsp3) is 0.188. The Balaban J connectivity index is 1.88. The summed E-state index contributed by atoms with van der Waals surface area (Å²) in [7, 11) is 0. The normalized spacial score (nSPS) is 12.0. The summed E-state index contributed by atoms with van der Waals surface area (Å²) in [5, 5.41) is 12.3. The molecule has 3 nitrogen and oxygen atoms in total. The minimum atomic E-state index is -1.27. The van der Waals surface area contributed by atoms with Crippen LogP contribution in [-0.2, 0) is 11.2 Å². The molecule has 0 bridgehead atoms. The fourth-order valence-electron chi connectivity index (χ4n) is 1.94. The zero-order chi connectivity index (χ0) is 15.2. The molecular weight excluding hydrogens is 276 g/mol. The number of hydrogen-bond donors (Lipinski definition) is 2. The van der Waals surface area contributed by atoms with Crippen molar-refractivity contribution < 1.29 is 18.7 Å². The van der Waals surface area contributed by atoms with Gasteiger partial charge < -0.3 is 10.4 Å². The van der Waals surface area contributed by atoms with Crippen LogP contribution in [0, 0.1) is 11.6 Å². The summed E-state index contributed by atoms with van der Waals surface area (Å²) in [6.45, 7) is 0.114. The summed E-state index contributed by atoms with van der Waals surface area (Å²) in [6, 6.07) is 11.7. The number of amides is 1. The molecule has 0 aliphatic carbocycles. The molecule has 0 spiro atoms. The first-order chi connectivity index (χ1) is 10.1. The van der Waals surface area contributed by atoms with Gasteiger partial charge in [0.1, 0.15) is 11.6 Å². The molecule has 1 atom stereocenters. The number of benzene rings is 2. The summed E-state index contributed by atoms with van der Waals surface area (Å²) in [4.78, 5) is 11.8. The average Bonchev–Trinajstić information content (AvgIpc) is 2.50. The molecule has 1 unspecified atom stereocenters. The second-order valence-corrected chi connectivity index (χ2v) is 4.59. The predicted molar refractivity (Wildman–Crippen MR) is 74.5 cm³/mol. The van der Waals surface area contributed by atoms with E-state index < -0.39 is 23.6 Å². The van der Waals surface area contributed by atoms with Crippen LogP contribution >= 0.6 is 0 Å². The number of hydrogen-bond acceptors (Lipinski definition) is 2. The van der Waals surface area contributed by atoms with E-state index in [1.807, 2.05) is 0 Å². The van der Waals surface area contributed by atoms with E-state index in [0.717, 1.165) is 18.2 Å². The number of carbonyl (C=O) groups is 1. The van der Waals surface area contributed by atoms with E-state index >= 15 is 0 Å². The zero-order valence-corrected chi connectivity index (χ0v) is 11.2. The number of aliphatic hydroxyl groups excluding tert-OH is 1. The topological polar surface area (TPSA) is 49.3 Å². The smallest absolute Gasteiger partial charge is 0.253 e. The van der Waals surface area contributed by atoms with E-state index in [1.54, 1.807) is 30.3 Å². The lowest BCUT2D eigenvalue weighted by molar-refractivity contribution is -0.129. The number of carbonyl (C=O) groups excluding carboxylic acids is 1. The van der Waals surface area contributed by atoms with Crippen LogP contribution in [0.3, 0.4) is 0 Å². The maximum Gasteiger partial charge on any atom is 0.253 e. The van der Waals surface area contributed by atoms with Gasteiger partial charge in [-0.3, -0.25) is 4.79 Å². The Hall–Kier alpha value is -2.27. The third-order valence-corrected chi connectivity index (χ3v) is 3.06. The second-order valence-electron chi connectivity index (χ2n) is 4.59. The highest BCUT2D eigenvalue weighted by Gasteiger charge is 2.16. The van der Waals surface area contributed by atoms with E-state index in [4.69, 9.17) is 0 Å². The van der Waals surface area contributed by atoms with Crippen molar-refractivity contribution in [2.45, 2.75) is 12.5 Å². The Morgan fingerprint density at radius 2 is 1.86 bits per heavy atom. The molecule has 2 rings (SSSR count). The standard InChI is InChI=1S/C16H15F2NO2/c17-13-6-7-14(18)12(10-13)8-9-19-16(21)15(20)11-4-2-1-3-5-11/h1-7,10,15,20H,8-9H2,(H,19,21). The molecule has 5 heteroatoms. The molecule has 110 valence electrons. The third-order valence-electron chi connectivity index (χ3n) is 3.06. The molecule has 0 aliphatic heterocycles. The van der Waals surface area contributed by atoms with E-state index in [-0.39, 0.29) is 18.5 Å². The lowest BCUT2D eigenvalue weighted by atomic mass is 10.1. The zero-order valence-electron chi connectivity index (χ0n) is 11.2. The van der Waals surface area contributed by atoms with Crippen molar-refractivity contribution in [3.05, 3.63) is 71.3 Å². The average molecular weight is 291 g/mol. The number of aliphatic hydroxyl groups is 1. The van der Waals surface area contributed by atoms with E-state index in [0.29, 0.717) is 5.56 Å². The first kappa shape index (κ1) is 15.1. The maximum atomic E-state index is 13.4. The van der Waals surface area contributed by atoms with Crippen molar-refractivity contribution in [2.75, 3.05) is 6.54 Å². The van der Waals surface area contributed by atoms with Crippen molar-refractivity contribution in [2.24, 2.45) is 0 Å². The number of rotatable bonds is 5. The van der Waals surface area contributed by atoms with E-state index in [1.165, 1.54) is 0 Å². The first-order valence-corrected chi connectivity index (χ1v) is 6.52. The molecule has 0 saturated carbocycles. The molecule has 2 aromatic carbocycles. The highest BCUT2D eigenvalue weighted by atomic mass is 19.1. The minimum Gasteiger partial charge on any atom is -0.378 e.